The number of methoxy groups -OCH3 is 1. The first-order valence-electron chi connectivity index (χ1n) is 8.88. The summed E-state index contributed by atoms with van der Waals surface area (Å²) < 4.78 is 49.6. The normalized spacial score (nSPS) is 11.5. The molecule has 8 heteroatoms. The number of aromatic nitrogens is 2. The minimum Gasteiger partial charge on any atom is -0.539 e. The van der Waals surface area contributed by atoms with Gasteiger partial charge in [0.2, 0.25) is 5.69 Å². The van der Waals surface area contributed by atoms with Gasteiger partial charge in [0.1, 0.15) is 5.75 Å². The SMILES string of the molecule is COc1ccc(-[n+]2noc([O-])c2-c2ccc(-c3ccc(C(F)(F)F)cc3)cc2)cc1. The Hall–Kier alpha value is -3.81. The van der Waals surface area contributed by atoms with Crippen LogP contribution in [0.15, 0.2) is 77.3 Å². The van der Waals surface area contributed by atoms with Crippen molar-refractivity contribution in [3.05, 3.63) is 78.4 Å². The molecule has 0 saturated carbocycles. The van der Waals surface area contributed by atoms with E-state index in [0.29, 0.717) is 28.1 Å². The van der Waals surface area contributed by atoms with E-state index in [2.05, 4.69) is 5.27 Å². The number of alkyl halides is 3. The summed E-state index contributed by atoms with van der Waals surface area (Å²) in [5, 5.41) is 16.1. The summed E-state index contributed by atoms with van der Waals surface area (Å²) in [6, 6.07) is 18.7. The van der Waals surface area contributed by atoms with E-state index in [0.717, 1.165) is 12.1 Å². The van der Waals surface area contributed by atoms with Gasteiger partial charge in [-0.05, 0) is 52.2 Å². The lowest BCUT2D eigenvalue weighted by atomic mass is 10.0. The monoisotopic (exact) mass is 412 g/mol. The fourth-order valence-electron chi connectivity index (χ4n) is 3.06. The number of halogens is 3. The molecule has 1 aromatic heterocycles. The molecule has 3 aromatic carbocycles. The second-order valence-electron chi connectivity index (χ2n) is 6.47. The standard InChI is InChI=1S/C22H15F3N2O3/c1-29-19-12-10-18(11-13-19)27-20(21(28)30-26-27)16-4-2-14(3-5-16)15-6-8-17(9-7-15)22(23,24)25/h2-13H,1H3. The van der Waals surface area contributed by atoms with Crippen molar-refractivity contribution in [3.8, 4) is 39.8 Å². The molecule has 0 bridgehead atoms. The Balaban J connectivity index is 1.66. The molecular weight excluding hydrogens is 397 g/mol. The molecule has 152 valence electrons. The summed E-state index contributed by atoms with van der Waals surface area (Å²) in [5.41, 5.74) is 2.05. The number of hydrogen-bond donors (Lipinski definition) is 0. The van der Waals surface area contributed by atoms with E-state index in [9.17, 15) is 18.3 Å². The van der Waals surface area contributed by atoms with Gasteiger partial charge in [0.25, 0.3) is 5.69 Å². The molecule has 0 saturated heterocycles. The third-order valence-electron chi connectivity index (χ3n) is 4.63. The number of hydrogen-bond acceptors (Lipinski definition) is 4. The first-order valence-corrected chi connectivity index (χ1v) is 8.88. The van der Waals surface area contributed by atoms with Gasteiger partial charge in [0.05, 0.1) is 23.5 Å². The lowest BCUT2D eigenvalue weighted by Gasteiger charge is -2.08. The zero-order valence-electron chi connectivity index (χ0n) is 15.7. The Kier molecular flexibility index (Phi) is 4.91. The van der Waals surface area contributed by atoms with Crippen molar-refractivity contribution in [2.45, 2.75) is 6.18 Å². The fraction of sp³-hybridized carbons (Fsp3) is 0.0909. The smallest absolute Gasteiger partial charge is 0.416 e. The Morgan fingerprint density at radius 1 is 0.833 bits per heavy atom. The maximum atomic E-state index is 12.7. The molecule has 0 aliphatic heterocycles. The molecule has 30 heavy (non-hydrogen) atoms. The van der Waals surface area contributed by atoms with E-state index in [1.165, 1.54) is 16.8 Å². The van der Waals surface area contributed by atoms with E-state index >= 15 is 0 Å². The summed E-state index contributed by atoms with van der Waals surface area (Å²) >= 11 is 0. The molecular formula is C22H15F3N2O3. The van der Waals surface area contributed by atoms with Crippen LogP contribution in [0.3, 0.4) is 0 Å². The first kappa shape index (κ1) is 19.5. The van der Waals surface area contributed by atoms with Crippen molar-refractivity contribution in [1.82, 2.24) is 5.27 Å². The van der Waals surface area contributed by atoms with Crippen LogP contribution in [0.5, 0.6) is 11.7 Å². The number of benzene rings is 3. The zero-order valence-corrected chi connectivity index (χ0v) is 15.7. The van der Waals surface area contributed by atoms with Crippen molar-refractivity contribution >= 4 is 0 Å². The van der Waals surface area contributed by atoms with E-state index in [1.807, 2.05) is 0 Å². The molecule has 1 heterocycles. The molecule has 0 unspecified atom stereocenters. The summed E-state index contributed by atoms with van der Waals surface area (Å²) in [4.78, 5) is 0. The highest BCUT2D eigenvalue weighted by atomic mass is 19.4. The molecule has 0 spiro atoms. The van der Waals surface area contributed by atoms with Crippen LogP contribution < -0.4 is 14.5 Å². The molecule has 0 aliphatic carbocycles. The van der Waals surface area contributed by atoms with E-state index in [4.69, 9.17) is 9.26 Å². The van der Waals surface area contributed by atoms with Gasteiger partial charge < -0.3 is 14.4 Å². The van der Waals surface area contributed by atoms with Crippen molar-refractivity contribution < 1.29 is 32.2 Å². The topological polar surface area (TPSA) is 62.2 Å². The molecule has 4 rings (SSSR count). The van der Waals surface area contributed by atoms with Crippen molar-refractivity contribution in [3.63, 3.8) is 0 Å². The predicted molar refractivity (Wildman–Crippen MR) is 99.9 cm³/mol. The van der Waals surface area contributed by atoms with Gasteiger partial charge in [-0.25, -0.2) is 0 Å². The Morgan fingerprint density at radius 2 is 1.37 bits per heavy atom. The Labute approximate surface area is 169 Å². The third kappa shape index (κ3) is 3.71. The van der Waals surface area contributed by atoms with Gasteiger partial charge in [0, 0.05) is 12.1 Å². The van der Waals surface area contributed by atoms with Gasteiger partial charge >= 0.3 is 6.18 Å². The minimum absolute atomic E-state index is 0.235. The number of nitrogens with zero attached hydrogens (tertiary/aromatic N) is 2. The lowest BCUT2D eigenvalue weighted by Crippen LogP contribution is -2.34. The van der Waals surface area contributed by atoms with Gasteiger partial charge in [-0.15, -0.1) is 0 Å². The molecule has 0 fully saturated rings. The maximum Gasteiger partial charge on any atom is 0.416 e. The quantitative estimate of drug-likeness (QED) is 0.467. The van der Waals surface area contributed by atoms with Gasteiger partial charge in [-0.3, -0.25) is 0 Å². The number of rotatable bonds is 4. The van der Waals surface area contributed by atoms with E-state index in [-0.39, 0.29) is 5.69 Å². The number of ether oxygens (including phenoxy) is 1. The third-order valence-corrected chi connectivity index (χ3v) is 4.63. The second-order valence-corrected chi connectivity index (χ2v) is 6.47. The fourth-order valence-corrected chi connectivity index (χ4v) is 3.06. The minimum atomic E-state index is -4.38. The first-order chi connectivity index (χ1) is 14.4. The van der Waals surface area contributed by atoms with Crippen LogP contribution >= 0.6 is 0 Å². The molecule has 0 amide bonds. The van der Waals surface area contributed by atoms with Gasteiger partial charge in [0.15, 0.2) is 5.95 Å². The van der Waals surface area contributed by atoms with Crippen LogP contribution in [0, 0.1) is 0 Å². The van der Waals surface area contributed by atoms with Crippen molar-refractivity contribution in [2.75, 3.05) is 7.11 Å². The average molecular weight is 412 g/mol. The lowest BCUT2D eigenvalue weighted by molar-refractivity contribution is -0.660. The van der Waals surface area contributed by atoms with Gasteiger partial charge in [-0.2, -0.15) is 13.2 Å². The Bertz CT molecular complexity index is 1150. The van der Waals surface area contributed by atoms with Crippen molar-refractivity contribution in [1.29, 1.82) is 0 Å². The van der Waals surface area contributed by atoms with E-state index < -0.39 is 17.7 Å². The van der Waals surface area contributed by atoms with Crippen LogP contribution in [0.25, 0.3) is 28.1 Å². The highest BCUT2D eigenvalue weighted by molar-refractivity contribution is 5.69. The summed E-state index contributed by atoms with van der Waals surface area (Å²) in [5.74, 6) is 0.0562. The molecule has 5 nitrogen and oxygen atoms in total. The average Bonchev–Trinajstić information content (AvgIpc) is 3.15. The van der Waals surface area contributed by atoms with Crippen LogP contribution in [0.2, 0.25) is 0 Å². The summed E-state index contributed by atoms with van der Waals surface area (Å²) in [6.07, 6.45) is -4.38. The largest absolute Gasteiger partial charge is 0.539 e. The summed E-state index contributed by atoms with van der Waals surface area (Å²) in [6.45, 7) is 0. The van der Waals surface area contributed by atoms with Crippen LogP contribution in [-0.2, 0) is 6.18 Å². The molecule has 0 N–H and O–H groups in total. The predicted octanol–water partition coefficient (Wildman–Crippen LogP) is 4.39. The Morgan fingerprint density at radius 3 is 1.90 bits per heavy atom. The molecule has 0 atom stereocenters. The highest BCUT2D eigenvalue weighted by Gasteiger charge is 2.30. The summed E-state index contributed by atoms with van der Waals surface area (Å²) in [7, 11) is 1.55. The zero-order chi connectivity index (χ0) is 21.3. The molecule has 4 aromatic rings. The van der Waals surface area contributed by atoms with Crippen LogP contribution in [0.4, 0.5) is 13.2 Å². The van der Waals surface area contributed by atoms with Crippen LogP contribution in [-0.4, -0.2) is 12.4 Å². The van der Waals surface area contributed by atoms with Gasteiger partial charge in [-0.1, -0.05) is 24.3 Å². The molecule has 0 aliphatic rings. The van der Waals surface area contributed by atoms with Crippen molar-refractivity contribution in [2.24, 2.45) is 0 Å². The second kappa shape index (κ2) is 7.55. The van der Waals surface area contributed by atoms with E-state index in [1.54, 1.807) is 55.6 Å². The maximum absolute atomic E-state index is 12.7. The molecule has 0 radical (unpaired) electrons. The van der Waals surface area contributed by atoms with Crippen LogP contribution in [0.1, 0.15) is 5.56 Å². The highest BCUT2D eigenvalue weighted by Crippen LogP contribution is 2.32.